The molecule has 4 rings (SSSR count). The number of aromatic nitrogens is 3. The summed E-state index contributed by atoms with van der Waals surface area (Å²) in [6, 6.07) is 11.0. The molecule has 0 unspecified atom stereocenters. The molecule has 0 saturated carbocycles. The highest BCUT2D eigenvalue weighted by Crippen LogP contribution is 2.31. The zero-order chi connectivity index (χ0) is 19.1. The van der Waals surface area contributed by atoms with Crippen LogP contribution in [-0.2, 0) is 11.3 Å². The van der Waals surface area contributed by atoms with E-state index >= 15 is 0 Å². The van der Waals surface area contributed by atoms with Gasteiger partial charge in [-0.3, -0.25) is 9.59 Å². The van der Waals surface area contributed by atoms with Crippen LogP contribution in [0.4, 0.5) is 0 Å². The largest absolute Gasteiger partial charge is 0.507 e. The lowest BCUT2D eigenvalue weighted by molar-refractivity contribution is 0.0600. The number of methoxy groups -OCH3 is 1. The molecular weight excluding hydrogens is 350 g/mol. The van der Waals surface area contributed by atoms with Gasteiger partial charge in [-0.05, 0) is 29.8 Å². The van der Waals surface area contributed by atoms with Crippen molar-refractivity contribution in [3.63, 3.8) is 0 Å². The van der Waals surface area contributed by atoms with Gasteiger partial charge in [-0.1, -0.05) is 23.4 Å². The van der Waals surface area contributed by atoms with Crippen molar-refractivity contribution in [1.29, 1.82) is 0 Å². The molecule has 1 aliphatic carbocycles. The molecule has 2 aromatic carbocycles. The molecule has 8 nitrogen and oxygen atoms in total. The first-order chi connectivity index (χ1) is 13.0. The SMILES string of the molecule is COC(=O)c1ccc(Cn2nnc3c2C(=O)c2cccc(O)c2C3=O)cc1. The van der Waals surface area contributed by atoms with E-state index in [2.05, 4.69) is 15.0 Å². The number of carbonyl (C=O) groups is 3. The van der Waals surface area contributed by atoms with Gasteiger partial charge in [0.15, 0.2) is 5.69 Å². The summed E-state index contributed by atoms with van der Waals surface area (Å²) in [7, 11) is 1.30. The molecule has 0 saturated heterocycles. The van der Waals surface area contributed by atoms with Crippen LogP contribution >= 0.6 is 0 Å². The fourth-order valence-corrected chi connectivity index (χ4v) is 3.05. The highest BCUT2D eigenvalue weighted by Gasteiger charge is 2.36. The summed E-state index contributed by atoms with van der Waals surface area (Å²) >= 11 is 0. The number of carbonyl (C=O) groups excluding carboxylic acids is 3. The van der Waals surface area contributed by atoms with Crippen LogP contribution in [0.3, 0.4) is 0 Å². The molecule has 1 N–H and O–H groups in total. The third-order valence-corrected chi connectivity index (χ3v) is 4.39. The number of benzene rings is 2. The number of rotatable bonds is 3. The van der Waals surface area contributed by atoms with Gasteiger partial charge in [-0.15, -0.1) is 5.10 Å². The molecule has 8 heteroatoms. The Balaban J connectivity index is 1.70. The van der Waals surface area contributed by atoms with Crippen LogP contribution in [0.5, 0.6) is 5.75 Å². The van der Waals surface area contributed by atoms with Crippen molar-refractivity contribution in [3.05, 3.63) is 76.1 Å². The molecule has 1 aromatic heterocycles. The average molecular weight is 363 g/mol. The highest BCUT2D eigenvalue weighted by molar-refractivity contribution is 6.27. The maximum Gasteiger partial charge on any atom is 0.337 e. The van der Waals surface area contributed by atoms with E-state index in [0.717, 1.165) is 5.56 Å². The van der Waals surface area contributed by atoms with Gasteiger partial charge >= 0.3 is 5.97 Å². The van der Waals surface area contributed by atoms with Crippen molar-refractivity contribution in [3.8, 4) is 5.75 Å². The van der Waals surface area contributed by atoms with Crippen LogP contribution in [0.1, 0.15) is 48.0 Å². The molecule has 0 atom stereocenters. The Morgan fingerprint density at radius 1 is 1.11 bits per heavy atom. The quantitative estimate of drug-likeness (QED) is 0.550. The van der Waals surface area contributed by atoms with Crippen LogP contribution < -0.4 is 0 Å². The maximum absolute atomic E-state index is 12.8. The molecule has 0 amide bonds. The minimum absolute atomic E-state index is 0.0514. The third kappa shape index (κ3) is 2.58. The minimum atomic E-state index is -0.537. The number of nitrogens with zero attached hydrogens (tertiary/aromatic N) is 3. The standard InChI is InChI=1S/C19H13N3O5/c1-27-19(26)11-7-5-10(6-8-11)9-22-16-15(20-21-22)18(25)14-12(17(16)24)3-2-4-13(14)23/h2-8,23H,9H2,1H3. The Morgan fingerprint density at radius 2 is 1.85 bits per heavy atom. The van der Waals surface area contributed by atoms with Gasteiger partial charge in [0.1, 0.15) is 11.4 Å². The predicted molar refractivity (Wildman–Crippen MR) is 91.9 cm³/mol. The molecule has 3 aromatic rings. The van der Waals surface area contributed by atoms with Crippen molar-refractivity contribution in [1.82, 2.24) is 15.0 Å². The van der Waals surface area contributed by atoms with E-state index in [0.29, 0.717) is 5.56 Å². The summed E-state index contributed by atoms with van der Waals surface area (Å²) in [5, 5.41) is 17.7. The van der Waals surface area contributed by atoms with E-state index in [1.165, 1.54) is 30.0 Å². The Kier molecular flexibility index (Phi) is 3.80. The van der Waals surface area contributed by atoms with Crippen LogP contribution in [0.15, 0.2) is 42.5 Å². The molecule has 1 aliphatic rings. The first-order valence-corrected chi connectivity index (χ1v) is 8.03. The Morgan fingerprint density at radius 3 is 2.56 bits per heavy atom. The van der Waals surface area contributed by atoms with E-state index in [4.69, 9.17) is 0 Å². The Labute approximate surface area is 153 Å². The summed E-state index contributed by atoms with van der Waals surface area (Å²) in [5.74, 6) is -1.67. The summed E-state index contributed by atoms with van der Waals surface area (Å²) in [4.78, 5) is 37.0. The number of ketones is 2. The second-order valence-corrected chi connectivity index (χ2v) is 5.99. The molecule has 27 heavy (non-hydrogen) atoms. The van der Waals surface area contributed by atoms with E-state index in [-0.39, 0.29) is 34.8 Å². The van der Waals surface area contributed by atoms with Crippen molar-refractivity contribution in [2.75, 3.05) is 7.11 Å². The maximum atomic E-state index is 12.8. The first-order valence-electron chi connectivity index (χ1n) is 8.03. The zero-order valence-corrected chi connectivity index (χ0v) is 14.2. The summed E-state index contributed by atoms with van der Waals surface area (Å²) in [6.07, 6.45) is 0. The summed E-state index contributed by atoms with van der Waals surface area (Å²) in [6.45, 7) is 0.191. The number of ether oxygens (including phenoxy) is 1. The number of esters is 1. The van der Waals surface area contributed by atoms with Gasteiger partial charge in [0.25, 0.3) is 0 Å². The van der Waals surface area contributed by atoms with Gasteiger partial charge in [0.2, 0.25) is 11.6 Å². The van der Waals surface area contributed by atoms with E-state index < -0.39 is 17.5 Å². The Bertz CT molecular complexity index is 1100. The normalized spacial score (nSPS) is 12.5. The summed E-state index contributed by atoms with van der Waals surface area (Å²) in [5.41, 5.74) is 1.23. The topological polar surface area (TPSA) is 111 Å². The number of phenols is 1. The van der Waals surface area contributed by atoms with Gasteiger partial charge < -0.3 is 9.84 Å². The molecule has 0 fully saturated rings. The second kappa shape index (κ2) is 6.17. The monoisotopic (exact) mass is 363 g/mol. The van der Waals surface area contributed by atoms with E-state index in [1.807, 2.05) is 0 Å². The zero-order valence-electron chi connectivity index (χ0n) is 14.2. The number of aromatic hydroxyl groups is 1. The van der Waals surface area contributed by atoms with Crippen LogP contribution in [0, 0.1) is 0 Å². The van der Waals surface area contributed by atoms with Crippen molar-refractivity contribution >= 4 is 17.5 Å². The number of hydrogen-bond donors (Lipinski definition) is 1. The lowest BCUT2D eigenvalue weighted by Crippen LogP contribution is -2.23. The first kappa shape index (κ1) is 16.6. The van der Waals surface area contributed by atoms with Gasteiger partial charge in [-0.25, -0.2) is 9.48 Å². The van der Waals surface area contributed by atoms with Gasteiger partial charge in [0.05, 0.1) is 24.8 Å². The number of hydrogen-bond acceptors (Lipinski definition) is 7. The van der Waals surface area contributed by atoms with Crippen LogP contribution in [0.2, 0.25) is 0 Å². The fourth-order valence-electron chi connectivity index (χ4n) is 3.05. The van der Waals surface area contributed by atoms with Crippen molar-refractivity contribution in [2.45, 2.75) is 6.54 Å². The van der Waals surface area contributed by atoms with E-state index in [1.54, 1.807) is 24.3 Å². The van der Waals surface area contributed by atoms with Gasteiger partial charge in [-0.2, -0.15) is 0 Å². The highest BCUT2D eigenvalue weighted by atomic mass is 16.5. The Hall–Kier alpha value is -3.81. The minimum Gasteiger partial charge on any atom is -0.507 e. The van der Waals surface area contributed by atoms with Crippen molar-refractivity contribution < 1.29 is 24.2 Å². The molecule has 0 spiro atoms. The van der Waals surface area contributed by atoms with Crippen LogP contribution in [-0.4, -0.2) is 44.7 Å². The average Bonchev–Trinajstić information content (AvgIpc) is 3.10. The predicted octanol–water partition coefficient (Wildman–Crippen LogP) is 1.59. The lowest BCUT2D eigenvalue weighted by Gasteiger charge is -2.15. The van der Waals surface area contributed by atoms with Crippen LogP contribution in [0.25, 0.3) is 0 Å². The summed E-state index contributed by atoms with van der Waals surface area (Å²) < 4.78 is 6.00. The van der Waals surface area contributed by atoms with Gasteiger partial charge in [0, 0.05) is 5.56 Å². The smallest absolute Gasteiger partial charge is 0.337 e. The molecule has 0 aliphatic heterocycles. The second-order valence-electron chi connectivity index (χ2n) is 5.99. The van der Waals surface area contributed by atoms with Crippen molar-refractivity contribution in [2.24, 2.45) is 0 Å². The third-order valence-electron chi connectivity index (χ3n) is 4.39. The number of fused-ring (bicyclic) bond motifs is 2. The molecule has 134 valence electrons. The fraction of sp³-hybridized carbons (Fsp3) is 0.105. The molecular formula is C19H13N3O5. The lowest BCUT2D eigenvalue weighted by atomic mass is 9.89. The number of phenolic OH excluding ortho intramolecular Hbond substituents is 1. The molecule has 0 radical (unpaired) electrons. The molecule has 0 bridgehead atoms. The molecule has 1 heterocycles. The van der Waals surface area contributed by atoms with E-state index in [9.17, 15) is 19.5 Å².